The van der Waals surface area contributed by atoms with Crippen molar-refractivity contribution in [2.45, 2.75) is 12.6 Å². The summed E-state index contributed by atoms with van der Waals surface area (Å²) in [6, 6.07) is 0.492. The molecule has 1 fully saturated rings. The number of aromatic nitrogens is 2. The normalized spacial score (nSPS) is 24.7. The van der Waals surface area contributed by atoms with Crippen LogP contribution in [0.1, 0.15) is 5.56 Å². The fourth-order valence-corrected chi connectivity index (χ4v) is 2.43. The highest BCUT2D eigenvalue weighted by molar-refractivity contribution is 5.03. The molecule has 1 N–H and O–H groups in total. The minimum atomic E-state index is 0.492. The van der Waals surface area contributed by atoms with E-state index in [2.05, 4.69) is 28.6 Å². The van der Waals surface area contributed by atoms with E-state index in [1.807, 2.05) is 25.0 Å². The SMILES string of the molecule is CNC1COCC1CN(C)Cc1cnn(C)c1. The highest BCUT2D eigenvalue weighted by Crippen LogP contribution is 2.15. The summed E-state index contributed by atoms with van der Waals surface area (Å²) in [6.07, 6.45) is 3.99. The maximum Gasteiger partial charge on any atom is 0.0623 e. The average molecular weight is 238 g/mol. The van der Waals surface area contributed by atoms with Gasteiger partial charge in [0, 0.05) is 43.9 Å². The van der Waals surface area contributed by atoms with Crippen LogP contribution in [0.15, 0.2) is 12.4 Å². The van der Waals surface area contributed by atoms with Crippen molar-refractivity contribution in [3.63, 3.8) is 0 Å². The van der Waals surface area contributed by atoms with Gasteiger partial charge in [-0.3, -0.25) is 4.68 Å². The smallest absolute Gasteiger partial charge is 0.0623 e. The Kier molecular flexibility index (Phi) is 4.15. The second kappa shape index (κ2) is 5.62. The summed E-state index contributed by atoms with van der Waals surface area (Å²) in [6.45, 7) is 3.70. The third kappa shape index (κ3) is 3.28. The van der Waals surface area contributed by atoms with Gasteiger partial charge in [-0.2, -0.15) is 5.10 Å². The minimum Gasteiger partial charge on any atom is -0.379 e. The van der Waals surface area contributed by atoms with E-state index < -0.39 is 0 Å². The van der Waals surface area contributed by atoms with Crippen LogP contribution in [-0.2, 0) is 18.3 Å². The van der Waals surface area contributed by atoms with Crippen molar-refractivity contribution in [2.75, 3.05) is 33.9 Å². The third-order valence-electron chi connectivity index (χ3n) is 3.33. The Morgan fingerprint density at radius 1 is 1.59 bits per heavy atom. The van der Waals surface area contributed by atoms with E-state index in [0.29, 0.717) is 12.0 Å². The molecule has 96 valence electrons. The monoisotopic (exact) mass is 238 g/mol. The van der Waals surface area contributed by atoms with Crippen molar-refractivity contribution in [2.24, 2.45) is 13.0 Å². The van der Waals surface area contributed by atoms with Crippen molar-refractivity contribution in [1.82, 2.24) is 20.0 Å². The topological polar surface area (TPSA) is 42.3 Å². The molecule has 0 amide bonds. The summed E-state index contributed by atoms with van der Waals surface area (Å²) in [7, 11) is 6.11. The second-order valence-electron chi connectivity index (χ2n) is 4.91. The van der Waals surface area contributed by atoms with Crippen molar-refractivity contribution >= 4 is 0 Å². The van der Waals surface area contributed by atoms with Gasteiger partial charge in [0.25, 0.3) is 0 Å². The van der Waals surface area contributed by atoms with E-state index >= 15 is 0 Å². The molecule has 0 spiro atoms. The van der Waals surface area contributed by atoms with Gasteiger partial charge in [0.15, 0.2) is 0 Å². The number of ether oxygens (including phenoxy) is 1. The zero-order valence-corrected chi connectivity index (χ0v) is 10.9. The van der Waals surface area contributed by atoms with E-state index in [-0.39, 0.29) is 0 Å². The van der Waals surface area contributed by atoms with Gasteiger partial charge in [0.1, 0.15) is 0 Å². The van der Waals surface area contributed by atoms with E-state index in [1.165, 1.54) is 5.56 Å². The standard InChI is InChI=1S/C12H22N4O/c1-13-12-9-17-8-11(12)7-15(2)5-10-4-14-16(3)6-10/h4,6,11-13H,5,7-9H2,1-3H3. The van der Waals surface area contributed by atoms with Gasteiger partial charge in [-0.25, -0.2) is 0 Å². The van der Waals surface area contributed by atoms with Gasteiger partial charge < -0.3 is 15.0 Å². The lowest BCUT2D eigenvalue weighted by atomic mass is 10.0. The molecule has 0 aromatic carbocycles. The molecular weight excluding hydrogens is 216 g/mol. The number of likely N-dealkylation sites (N-methyl/N-ethyl adjacent to an activating group) is 1. The number of hydrogen-bond donors (Lipinski definition) is 1. The van der Waals surface area contributed by atoms with Gasteiger partial charge in [-0.1, -0.05) is 0 Å². The molecular formula is C12H22N4O. The molecule has 0 radical (unpaired) electrons. The first-order chi connectivity index (χ1) is 8.19. The molecule has 2 rings (SSSR count). The van der Waals surface area contributed by atoms with Gasteiger partial charge in [0.2, 0.25) is 0 Å². The molecule has 5 nitrogen and oxygen atoms in total. The molecule has 0 bridgehead atoms. The number of nitrogens with zero attached hydrogens (tertiary/aromatic N) is 3. The molecule has 2 atom stereocenters. The molecule has 2 unspecified atom stereocenters. The van der Waals surface area contributed by atoms with Crippen LogP contribution in [0.2, 0.25) is 0 Å². The summed E-state index contributed by atoms with van der Waals surface area (Å²) < 4.78 is 7.36. The number of aryl methyl sites for hydroxylation is 1. The maximum absolute atomic E-state index is 5.51. The Bertz CT molecular complexity index is 352. The summed E-state index contributed by atoms with van der Waals surface area (Å²) in [4.78, 5) is 2.33. The van der Waals surface area contributed by atoms with Gasteiger partial charge in [0.05, 0.1) is 19.4 Å². The van der Waals surface area contributed by atoms with Crippen molar-refractivity contribution in [1.29, 1.82) is 0 Å². The molecule has 1 aromatic rings. The Hall–Kier alpha value is -0.910. The van der Waals surface area contributed by atoms with Crippen LogP contribution in [0.5, 0.6) is 0 Å². The summed E-state index contributed by atoms with van der Waals surface area (Å²) in [5.74, 6) is 0.585. The van der Waals surface area contributed by atoms with E-state index in [1.54, 1.807) is 0 Å². The molecule has 1 aromatic heterocycles. The second-order valence-corrected chi connectivity index (χ2v) is 4.91. The predicted octanol–water partition coefficient (Wildman–Crippen LogP) is 0.0863. The first-order valence-electron chi connectivity index (χ1n) is 6.10. The Morgan fingerprint density at radius 3 is 3.06 bits per heavy atom. The first kappa shape index (κ1) is 12.5. The molecule has 2 heterocycles. The van der Waals surface area contributed by atoms with Gasteiger partial charge >= 0.3 is 0 Å². The van der Waals surface area contributed by atoms with Crippen LogP contribution in [0.4, 0.5) is 0 Å². The minimum absolute atomic E-state index is 0.492. The zero-order chi connectivity index (χ0) is 12.3. The summed E-state index contributed by atoms with van der Waals surface area (Å²) >= 11 is 0. The van der Waals surface area contributed by atoms with Crippen LogP contribution in [0.25, 0.3) is 0 Å². The van der Waals surface area contributed by atoms with Crippen molar-refractivity contribution in [3.05, 3.63) is 18.0 Å². The van der Waals surface area contributed by atoms with E-state index in [0.717, 1.165) is 26.3 Å². The summed E-state index contributed by atoms with van der Waals surface area (Å²) in [5.41, 5.74) is 1.26. The highest BCUT2D eigenvalue weighted by Gasteiger charge is 2.27. The lowest BCUT2D eigenvalue weighted by Gasteiger charge is -2.23. The van der Waals surface area contributed by atoms with Crippen LogP contribution < -0.4 is 5.32 Å². The Balaban J connectivity index is 1.82. The number of rotatable bonds is 5. The highest BCUT2D eigenvalue weighted by atomic mass is 16.5. The van der Waals surface area contributed by atoms with Crippen molar-refractivity contribution < 1.29 is 4.74 Å². The molecule has 0 saturated carbocycles. The van der Waals surface area contributed by atoms with Gasteiger partial charge in [-0.15, -0.1) is 0 Å². The van der Waals surface area contributed by atoms with Crippen molar-refractivity contribution in [3.8, 4) is 0 Å². The quantitative estimate of drug-likeness (QED) is 0.789. The molecule has 1 saturated heterocycles. The Morgan fingerprint density at radius 2 is 2.41 bits per heavy atom. The molecule has 0 aliphatic carbocycles. The van der Waals surface area contributed by atoms with Crippen LogP contribution >= 0.6 is 0 Å². The fraction of sp³-hybridized carbons (Fsp3) is 0.750. The van der Waals surface area contributed by atoms with Crippen LogP contribution in [-0.4, -0.2) is 54.6 Å². The van der Waals surface area contributed by atoms with Crippen LogP contribution in [0.3, 0.4) is 0 Å². The van der Waals surface area contributed by atoms with E-state index in [4.69, 9.17) is 4.74 Å². The lowest BCUT2D eigenvalue weighted by molar-refractivity contribution is 0.172. The fourth-order valence-electron chi connectivity index (χ4n) is 2.43. The molecule has 17 heavy (non-hydrogen) atoms. The lowest BCUT2D eigenvalue weighted by Crippen LogP contribution is -2.38. The molecule has 5 heteroatoms. The summed E-state index contributed by atoms with van der Waals surface area (Å²) in [5, 5.41) is 7.50. The number of hydrogen-bond acceptors (Lipinski definition) is 4. The van der Waals surface area contributed by atoms with E-state index in [9.17, 15) is 0 Å². The number of nitrogens with one attached hydrogen (secondary N) is 1. The zero-order valence-electron chi connectivity index (χ0n) is 10.9. The van der Waals surface area contributed by atoms with Gasteiger partial charge in [-0.05, 0) is 14.1 Å². The molecule has 1 aliphatic rings. The van der Waals surface area contributed by atoms with Crippen LogP contribution in [0, 0.1) is 5.92 Å². The Labute approximate surface area is 103 Å². The average Bonchev–Trinajstić information content (AvgIpc) is 2.87. The molecule has 1 aliphatic heterocycles. The maximum atomic E-state index is 5.51. The largest absolute Gasteiger partial charge is 0.379 e. The first-order valence-corrected chi connectivity index (χ1v) is 6.10. The third-order valence-corrected chi connectivity index (χ3v) is 3.33. The predicted molar refractivity (Wildman–Crippen MR) is 66.7 cm³/mol.